The number of ketones is 1. The van der Waals surface area contributed by atoms with Gasteiger partial charge in [0.25, 0.3) is 0 Å². The first-order chi connectivity index (χ1) is 14.6. The molecule has 4 atom stereocenters. The van der Waals surface area contributed by atoms with Gasteiger partial charge in [-0.25, -0.2) is 9.69 Å². The number of para-hydroxylation sites is 1. The summed E-state index contributed by atoms with van der Waals surface area (Å²) in [6.07, 6.45) is 4.89. The summed E-state index contributed by atoms with van der Waals surface area (Å²) in [6.45, 7) is -0.418. The third-order valence-electron chi connectivity index (χ3n) is 6.27. The second-order valence-corrected chi connectivity index (χ2v) is 7.89. The lowest BCUT2D eigenvalue weighted by Gasteiger charge is -2.19. The molecule has 150 valence electrons. The van der Waals surface area contributed by atoms with Crippen molar-refractivity contribution < 1.29 is 23.9 Å². The van der Waals surface area contributed by atoms with Crippen LogP contribution >= 0.6 is 0 Å². The molecule has 1 saturated heterocycles. The molecule has 0 aromatic heterocycles. The highest BCUT2D eigenvalue weighted by Gasteiger charge is 2.59. The number of benzene rings is 2. The maximum Gasteiger partial charge on any atom is 0.340 e. The van der Waals surface area contributed by atoms with Gasteiger partial charge in [0.05, 0.1) is 23.1 Å². The number of nitrogens with zero attached hydrogens (tertiary/aromatic N) is 1. The number of imide groups is 1. The monoisotopic (exact) mass is 401 g/mol. The van der Waals surface area contributed by atoms with Crippen LogP contribution in [-0.4, -0.2) is 30.2 Å². The molecule has 2 bridgehead atoms. The van der Waals surface area contributed by atoms with Crippen LogP contribution in [0.3, 0.4) is 0 Å². The molecule has 2 aromatic carbocycles. The summed E-state index contributed by atoms with van der Waals surface area (Å²) in [6, 6.07) is 14.9. The van der Waals surface area contributed by atoms with E-state index >= 15 is 0 Å². The Labute approximate surface area is 173 Å². The highest BCUT2D eigenvalue weighted by molar-refractivity contribution is 6.24. The maximum absolute atomic E-state index is 13.1. The first-order valence-corrected chi connectivity index (χ1v) is 9.97. The summed E-state index contributed by atoms with van der Waals surface area (Å²) in [5.74, 6) is -2.12. The molecule has 0 radical (unpaired) electrons. The summed E-state index contributed by atoms with van der Waals surface area (Å²) in [5.41, 5.74) is 0.762. The van der Waals surface area contributed by atoms with Crippen molar-refractivity contribution >= 4 is 29.3 Å². The molecule has 5 rings (SSSR count). The van der Waals surface area contributed by atoms with E-state index in [0.717, 1.165) is 11.3 Å². The van der Waals surface area contributed by atoms with Crippen LogP contribution in [0, 0.1) is 23.7 Å². The third-order valence-corrected chi connectivity index (χ3v) is 6.27. The number of anilines is 1. The molecule has 6 heteroatoms. The fourth-order valence-electron chi connectivity index (χ4n) is 4.90. The van der Waals surface area contributed by atoms with Crippen molar-refractivity contribution in [2.24, 2.45) is 23.7 Å². The van der Waals surface area contributed by atoms with E-state index in [1.165, 1.54) is 6.07 Å². The van der Waals surface area contributed by atoms with Crippen LogP contribution < -0.4 is 4.90 Å². The van der Waals surface area contributed by atoms with Crippen molar-refractivity contribution in [2.45, 2.75) is 6.42 Å². The van der Waals surface area contributed by atoms with Gasteiger partial charge in [-0.05, 0) is 30.4 Å². The Balaban J connectivity index is 1.37. The van der Waals surface area contributed by atoms with Crippen LogP contribution in [-0.2, 0) is 14.3 Å². The molecule has 0 N–H and O–H groups in total. The zero-order valence-electron chi connectivity index (χ0n) is 16.1. The number of carbonyl (C=O) groups is 4. The van der Waals surface area contributed by atoms with Crippen molar-refractivity contribution in [3.8, 4) is 0 Å². The summed E-state index contributed by atoms with van der Waals surface area (Å²) >= 11 is 0. The molecule has 2 fully saturated rings. The van der Waals surface area contributed by atoms with E-state index in [4.69, 9.17) is 4.74 Å². The topological polar surface area (TPSA) is 80.8 Å². The van der Waals surface area contributed by atoms with E-state index < -0.39 is 12.6 Å². The van der Waals surface area contributed by atoms with E-state index in [0.29, 0.717) is 5.56 Å². The number of hydrogen-bond donors (Lipinski definition) is 0. The van der Waals surface area contributed by atoms with Crippen LogP contribution in [0.5, 0.6) is 0 Å². The Morgan fingerprint density at radius 3 is 2.13 bits per heavy atom. The Kier molecular flexibility index (Phi) is 4.35. The van der Waals surface area contributed by atoms with Gasteiger partial charge in [0.15, 0.2) is 12.4 Å². The molecule has 1 aliphatic heterocycles. The molecule has 2 amide bonds. The van der Waals surface area contributed by atoms with Gasteiger partial charge in [0, 0.05) is 5.56 Å². The van der Waals surface area contributed by atoms with E-state index in [-0.39, 0.29) is 52.5 Å². The average molecular weight is 401 g/mol. The summed E-state index contributed by atoms with van der Waals surface area (Å²) in [7, 11) is 0. The SMILES string of the molecule is O=C(COC(=O)c1ccccc1N1C(=O)[C@@H]2[C@H](C1=O)[C@H]1C=C[C@@H]2C1)c1ccccc1. The summed E-state index contributed by atoms with van der Waals surface area (Å²) < 4.78 is 5.21. The number of hydrogen-bond acceptors (Lipinski definition) is 5. The number of ether oxygens (including phenoxy) is 1. The van der Waals surface area contributed by atoms with E-state index in [2.05, 4.69) is 0 Å². The van der Waals surface area contributed by atoms with Crippen LogP contribution in [0.15, 0.2) is 66.7 Å². The predicted molar refractivity (Wildman–Crippen MR) is 108 cm³/mol. The third kappa shape index (κ3) is 2.79. The van der Waals surface area contributed by atoms with Crippen molar-refractivity contribution in [2.75, 3.05) is 11.5 Å². The van der Waals surface area contributed by atoms with Crippen molar-refractivity contribution in [3.05, 3.63) is 77.9 Å². The van der Waals surface area contributed by atoms with Gasteiger partial charge >= 0.3 is 5.97 Å². The maximum atomic E-state index is 13.1. The van der Waals surface area contributed by atoms with Gasteiger partial charge in [-0.3, -0.25) is 14.4 Å². The van der Waals surface area contributed by atoms with Crippen molar-refractivity contribution in [1.82, 2.24) is 0 Å². The first-order valence-electron chi connectivity index (χ1n) is 9.97. The predicted octanol–water partition coefficient (Wildman–Crippen LogP) is 3.04. The lowest BCUT2D eigenvalue weighted by atomic mass is 9.85. The molecular formula is C24H19NO5. The second-order valence-electron chi connectivity index (χ2n) is 7.89. The van der Waals surface area contributed by atoms with Gasteiger partial charge < -0.3 is 4.74 Å². The Hall–Kier alpha value is -3.54. The van der Waals surface area contributed by atoms with Crippen molar-refractivity contribution in [3.63, 3.8) is 0 Å². The summed E-state index contributed by atoms with van der Waals surface area (Å²) in [4.78, 5) is 52.3. The number of esters is 1. The lowest BCUT2D eigenvalue weighted by molar-refractivity contribution is -0.123. The highest BCUT2D eigenvalue weighted by atomic mass is 16.5. The number of Topliss-reactive ketones (excluding diaryl/α,β-unsaturated/α-hetero) is 1. The van der Waals surface area contributed by atoms with Crippen LogP contribution in [0.4, 0.5) is 5.69 Å². The minimum atomic E-state index is -0.742. The molecule has 6 nitrogen and oxygen atoms in total. The Morgan fingerprint density at radius 1 is 0.867 bits per heavy atom. The highest BCUT2D eigenvalue weighted by Crippen LogP contribution is 2.53. The van der Waals surface area contributed by atoms with Crippen LogP contribution in [0.1, 0.15) is 27.1 Å². The molecule has 30 heavy (non-hydrogen) atoms. The largest absolute Gasteiger partial charge is 0.454 e. The second kappa shape index (κ2) is 7.06. The summed E-state index contributed by atoms with van der Waals surface area (Å²) in [5, 5.41) is 0. The number of carbonyl (C=O) groups excluding carboxylic acids is 4. The minimum absolute atomic E-state index is 0.0871. The van der Waals surface area contributed by atoms with E-state index in [9.17, 15) is 19.2 Å². The molecule has 0 spiro atoms. The smallest absolute Gasteiger partial charge is 0.340 e. The zero-order chi connectivity index (χ0) is 20.8. The molecule has 1 heterocycles. The molecule has 2 aliphatic carbocycles. The zero-order valence-corrected chi connectivity index (χ0v) is 16.1. The Bertz CT molecular complexity index is 1060. The number of allylic oxidation sites excluding steroid dienone is 2. The molecular weight excluding hydrogens is 382 g/mol. The minimum Gasteiger partial charge on any atom is -0.454 e. The number of fused-ring (bicyclic) bond motifs is 5. The average Bonchev–Trinajstić information content (AvgIpc) is 3.46. The van der Waals surface area contributed by atoms with Crippen LogP contribution in [0.25, 0.3) is 0 Å². The van der Waals surface area contributed by atoms with Crippen molar-refractivity contribution in [1.29, 1.82) is 0 Å². The van der Waals surface area contributed by atoms with E-state index in [1.807, 2.05) is 12.2 Å². The van der Waals surface area contributed by atoms with Gasteiger partial charge in [-0.1, -0.05) is 54.6 Å². The number of amides is 2. The standard InChI is InChI=1S/C24H19NO5/c26-19(14-6-2-1-3-7-14)13-30-24(29)17-8-4-5-9-18(17)25-22(27)20-15-10-11-16(12-15)21(20)23(25)28/h1-11,15-16,20-21H,12-13H2/t15-,16+,20+,21-. The Morgan fingerprint density at radius 2 is 1.47 bits per heavy atom. The van der Waals surface area contributed by atoms with Gasteiger partial charge in [-0.15, -0.1) is 0 Å². The molecule has 3 aliphatic rings. The van der Waals surface area contributed by atoms with Gasteiger partial charge in [0.1, 0.15) is 0 Å². The lowest BCUT2D eigenvalue weighted by Crippen LogP contribution is -2.34. The van der Waals surface area contributed by atoms with E-state index in [1.54, 1.807) is 48.5 Å². The first kappa shape index (κ1) is 18.5. The number of rotatable bonds is 5. The van der Waals surface area contributed by atoms with Gasteiger partial charge in [0.2, 0.25) is 11.8 Å². The van der Waals surface area contributed by atoms with Gasteiger partial charge in [-0.2, -0.15) is 0 Å². The fourth-order valence-corrected chi connectivity index (χ4v) is 4.90. The fraction of sp³-hybridized carbons (Fsp3) is 0.250. The molecule has 1 saturated carbocycles. The normalized spacial score (nSPS) is 26.2. The molecule has 0 unspecified atom stereocenters. The van der Waals surface area contributed by atoms with Crippen LogP contribution in [0.2, 0.25) is 0 Å². The quantitative estimate of drug-likeness (QED) is 0.333. The molecule has 2 aromatic rings.